The predicted molar refractivity (Wildman–Crippen MR) is 79.8 cm³/mol. The van der Waals surface area contributed by atoms with E-state index in [2.05, 4.69) is 5.43 Å². The maximum absolute atomic E-state index is 13.2. The minimum Gasteiger partial charge on any atom is -0.359 e. The van der Waals surface area contributed by atoms with Gasteiger partial charge in [-0.2, -0.15) is 13.2 Å². The summed E-state index contributed by atoms with van der Waals surface area (Å²) in [7, 11) is 0. The van der Waals surface area contributed by atoms with E-state index < -0.39 is 17.8 Å². The zero-order valence-electron chi connectivity index (χ0n) is 12.6. The molecule has 1 unspecified atom stereocenters. The van der Waals surface area contributed by atoms with Crippen molar-refractivity contribution in [2.75, 3.05) is 0 Å². The number of halogens is 3. The van der Waals surface area contributed by atoms with Crippen LogP contribution in [0.5, 0.6) is 0 Å². The standard InChI is InChI=1S/C16H14F3N3O2/c1-11-10-15(24,16(17,18)19)22(20-11)14(23)12-4-6-13(7-5-12)21-8-2-3-9-21/h2-10,20,24H,1H3. The van der Waals surface area contributed by atoms with Gasteiger partial charge in [0.2, 0.25) is 0 Å². The molecule has 0 fully saturated rings. The molecular formula is C16H14F3N3O2. The summed E-state index contributed by atoms with van der Waals surface area (Å²) in [5, 5.41) is 10.1. The second kappa shape index (κ2) is 5.41. The van der Waals surface area contributed by atoms with Gasteiger partial charge in [-0.15, -0.1) is 0 Å². The van der Waals surface area contributed by atoms with Gasteiger partial charge < -0.3 is 9.67 Å². The third-order valence-corrected chi connectivity index (χ3v) is 3.68. The molecule has 2 aromatic rings. The first kappa shape index (κ1) is 16.1. The summed E-state index contributed by atoms with van der Waals surface area (Å²) in [5.41, 5.74) is -0.313. The number of nitrogens with zero attached hydrogens (tertiary/aromatic N) is 2. The summed E-state index contributed by atoms with van der Waals surface area (Å²) < 4.78 is 41.3. The van der Waals surface area contributed by atoms with E-state index in [0.717, 1.165) is 5.69 Å². The summed E-state index contributed by atoms with van der Waals surface area (Å²) in [4.78, 5) is 12.4. The molecule has 0 radical (unpaired) electrons. The molecule has 8 heteroatoms. The largest absolute Gasteiger partial charge is 0.442 e. The van der Waals surface area contributed by atoms with Crippen LogP contribution in [0.3, 0.4) is 0 Å². The number of aliphatic hydroxyl groups is 1. The Hall–Kier alpha value is -2.74. The molecule has 0 aliphatic carbocycles. The number of allylic oxidation sites excluding steroid dienone is 1. The van der Waals surface area contributed by atoms with Crippen LogP contribution in [0.1, 0.15) is 17.3 Å². The molecule has 1 aromatic heterocycles. The van der Waals surface area contributed by atoms with E-state index in [4.69, 9.17) is 0 Å². The molecule has 1 atom stereocenters. The molecule has 1 aromatic carbocycles. The first-order valence-corrected chi connectivity index (χ1v) is 7.05. The number of benzene rings is 1. The number of hydrogen-bond donors (Lipinski definition) is 2. The summed E-state index contributed by atoms with van der Waals surface area (Å²) in [6, 6.07) is 9.68. The van der Waals surface area contributed by atoms with E-state index in [1.165, 1.54) is 19.1 Å². The fraction of sp³-hybridized carbons (Fsp3) is 0.188. The second-order valence-corrected chi connectivity index (χ2v) is 5.44. The predicted octanol–water partition coefficient (Wildman–Crippen LogP) is 2.59. The normalized spacial score (nSPS) is 20.7. The highest BCUT2D eigenvalue weighted by Crippen LogP contribution is 2.38. The molecule has 24 heavy (non-hydrogen) atoms. The van der Waals surface area contributed by atoms with Crippen LogP contribution in [0, 0.1) is 0 Å². The lowest BCUT2D eigenvalue weighted by atomic mass is 10.1. The van der Waals surface area contributed by atoms with E-state index in [9.17, 15) is 23.1 Å². The Bertz CT molecular complexity index is 782. The summed E-state index contributed by atoms with van der Waals surface area (Å²) in [6.07, 6.45) is -0.860. The highest BCUT2D eigenvalue weighted by Gasteiger charge is 2.61. The van der Waals surface area contributed by atoms with Gasteiger partial charge in [0.25, 0.3) is 11.6 Å². The van der Waals surface area contributed by atoms with Gasteiger partial charge in [0.1, 0.15) is 0 Å². The smallest absolute Gasteiger partial charge is 0.359 e. The van der Waals surface area contributed by atoms with E-state index >= 15 is 0 Å². The number of carbonyl (C=O) groups is 1. The average molecular weight is 337 g/mol. The van der Waals surface area contributed by atoms with Crippen LogP contribution in [0.15, 0.2) is 60.6 Å². The second-order valence-electron chi connectivity index (χ2n) is 5.44. The topological polar surface area (TPSA) is 57.5 Å². The van der Waals surface area contributed by atoms with Gasteiger partial charge in [-0.1, -0.05) is 0 Å². The van der Waals surface area contributed by atoms with Crippen LogP contribution in [0.2, 0.25) is 0 Å². The Morgan fingerprint density at radius 1 is 1.17 bits per heavy atom. The van der Waals surface area contributed by atoms with Gasteiger partial charge >= 0.3 is 6.18 Å². The lowest BCUT2D eigenvalue weighted by Crippen LogP contribution is -2.60. The fourth-order valence-corrected chi connectivity index (χ4v) is 2.49. The van der Waals surface area contributed by atoms with E-state index in [1.54, 1.807) is 29.1 Å². The quantitative estimate of drug-likeness (QED) is 0.886. The summed E-state index contributed by atoms with van der Waals surface area (Å²) in [6.45, 7) is 1.33. The molecule has 0 spiro atoms. The number of nitrogens with one attached hydrogen (secondary N) is 1. The van der Waals surface area contributed by atoms with Gasteiger partial charge in [0.05, 0.1) is 0 Å². The maximum atomic E-state index is 13.2. The zero-order chi connectivity index (χ0) is 17.5. The molecule has 0 saturated carbocycles. The monoisotopic (exact) mass is 337 g/mol. The number of amides is 1. The third kappa shape index (κ3) is 2.54. The van der Waals surface area contributed by atoms with Crippen molar-refractivity contribution in [1.29, 1.82) is 0 Å². The lowest BCUT2D eigenvalue weighted by molar-refractivity contribution is -0.283. The van der Waals surface area contributed by atoms with Crippen LogP contribution >= 0.6 is 0 Å². The Morgan fingerprint density at radius 3 is 2.29 bits per heavy atom. The van der Waals surface area contributed by atoms with E-state index in [-0.39, 0.29) is 16.3 Å². The maximum Gasteiger partial charge on any atom is 0.442 e. The van der Waals surface area contributed by atoms with Gasteiger partial charge in [0.15, 0.2) is 0 Å². The Morgan fingerprint density at radius 2 is 1.75 bits per heavy atom. The Labute approximate surface area is 135 Å². The van der Waals surface area contributed by atoms with Gasteiger partial charge in [0, 0.05) is 29.3 Å². The molecule has 1 amide bonds. The molecule has 126 valence electrons. The number of carbonyl (C=O) groups excluding carboxylic acids is 1. The number of hydrazine groups is 1. The highest BCUT2D eigenvalue weighted by atomic mass is 19.4. The minimum atomic E-state index is -5.03. The molecule has 3 rings (SSSR count). The van der Waals surface area contributed by atoms with Crippen molar-refractivity contribution in [2.45, 2.75) is 18.8 Å². The third-order valence-electron chi connectivity index (χ3n) is 3.68. The van der Waals surface area contributed by atoms with Crippen LogP contribution in [-0.2, 0) is 0 Å². The number of alkyl halides is 3. The highest BCUT2D eigenvalue weighted by molar-refractivity contribution is 5.95. The van der Waals surface area contributed by atoms with Crippen molar-refractivity contribution in [2.24, 2.45) is 0 Å². The first-order chi connectivity index (χ1) is 11.2. The Balaban J connectivity index is 1.89. The first-order valence-electron chi connectivity index (χ1n) is 7.05. The summed E-state index contributed by atoms with van der Waals surface area (Å²) >= 11 is 0. The average Bonchev–Trinajstić information content (AvgIpc) is 3.14. The molecule has 2 heterocycles. The van der Waals surface area contributed by atoms with Crippen molar-refractivity contribution in [3.8, 4) is 5.69 Å². The minimum absolute atomic E-state index is 0.0178. The number of rotatable bonds is 2. The van der Waals surface area contributed by atoms with Crippen molar-refractivity contribution >= 4 is 5.91 Å². The van der Waals surface area contributed by atoms with Crippen LogP contribution < -0.4 is 5.43 Å². The van der Waals surface area contributed by atoms with Crippen LogP contribution in [-0.4, -0.2) is 32.5 Å². The molecular weight excluding hydrogens is 323 g/mol. The van der Waals surface area contributed by atoms with Crippen molar-refractivity contribution < 1.29 is 23.1 Å². The lowest BCUT2D eigenvalue weighted by Gasteiger charge is -2.33. The van der Waals surface area contributed by atoms with Crippen molar-refractivity contribution in [3.63, 3.8) is 0 Å². The summed E-state index contributed by atoms with van der Waals surface area (Å²) in [5.74, 6) is -0.984. The fourth-order valence-electron chi connectivity index (χ4n) is 2.49. The van der Waals surface area contributed by atoms with Gasteiger partial charge in [-0.3, -0.25) is 10.2 Å². The van der Waals surface area contributed by atoms with E-state index in [0.29, 0.717) is 6.08 Å². The molecule has 5 nitrogen and oxygen atoms in total. The van der Waals surface area contributed by atoms with Gasteiger partial charge in [-0.05, 0) is 49.4 Å². The molecule has 2 N–H and O–H groups in total. The zero-order valence-corrected chi connectivity index (χ0v) is 12.6. The Kier molecular flexibility index (Phi) is 3.64. The molecule has 0 saturated heterocycles. The molecule has 1 aliphatic rings. The van der Waals surface area contributed by atoms with Crippen LogP contribution in [0.4, 0.5) is 13.2 Å². The molecule has 1 aliphatic heterocycles. The number of aromatic nitrogens is 1. The van der Waals surface area contributed by atoms with Gasteiger partial charge in [-0.25, -0.2) is 5.01 Å². The number of hydrogen-bond acceptors (Lipinski definition) is 3. The van der Waals surface area contributed by atoms with Crippen molar-refractivity contribution in [3.05, 3.63) is 66.1 Å². The van der Waals surface area contributed by atoms with Crippen LogP contribution in [0.25, 0.3) is 5.69 Å². The van der Waals surface area contributed by atoms with E-state index in [1.807, 2.05) is 12.1 Å². The molecule has 0 bridgehead atoms. The SMILES string of the molecule is CC1=CC(O)(C(F)(F)F)N(C(=O)c2ccc(-n3cccc3)cc2)N1. The van der Waals surface area contributed by atoms with Crippen molar-refractivity contribution in [1.82, 2.24) is 15.0 Å².